The Bertz CT molecular complexity index is 1470. The summed E-state index contributed by atoms with van der Waals surface area (Å²) in [6.07, 6.45) is 1.21. The van der Waals surface area contributed by atoms with E-state index in [0.29, 0.717) is 17.4 Å². The summed E-state index contributed by atoms with van der Waals surface area (Å²) in [6, 6.07) is 0.628. The highest BCUT2D eigenvalue weighted by molar-refractivity contribution is 6.24. The van der Waals surface area contributed by atoms with E-state index in [1.165, 1.54) is 4.90 Å². The van der Waals surface area contributed by atoms with E-state index < -0.39 is 58.0 Å². The number of rotatable bonds is 7. The zero-order chi connectivity index (χ0) is 32.6. The second-order valence-corrected chi connectivity index (χ2v) is 14.1. The number of hydrogen-bond donors (Lipinski definition) is 5. The van der Waals surface area contributed by atoms with Crippen LogP contribution in [0.15, 0.2) is 23.0 Å². The molecule has 0 radical (unpaired) electrons. The van der Waals surface area contributed by atoms with Gasteiger partial charge in [-0.1, -0.05) is 27.7 Å². The molecule has 1 unspecified atom stereocenters. The van der Waals surface area contributed by atoms with Gasteiger partial charge >= 0.3 is 0 Å². The predicted octanol–water partition coefficient (Wildman–Crippen LogP) is 2.46. The summed E-state index contributed by atoms with van der Waals surface area (Å²) in [5.74, 6) is -5.56. The fourth-order valence-electron chi connectivity index (χ4n) is 8.26. The highest BCUT2D eigenvalue weighted by Gasteiger charge is 2.64. The van der Waals surface area contributed by atoms with Gasteiger partial charge in [-0.2, -0.15) is 0 Å². The van der Waals surface area contributed by atoms with Crippen LogP contribution >= 0.6 is 0 Å². The molecule has 11 nitrogen and oxygen atoms in total. The summed E-state index contributed by atoms with van der Waals surface area (Å²) < 4.78 is 0. The lowest BCUT2D eigenvalue weighted by atomic mass is 9.57. The molecule has 6 N–H and O–H groups in total. The summed E-state index contributed by atoms with van der Waals surface area (Å²) in [7, 11) is 5.17. The van der Waals surface area contributed by atoms with Crippen LogP contribution in [0.25, 0.3) is 5.76 Å². The average molecular weight is 611 g/mol. The van der Waals surface area contributed by atoms with Gasteiger partial charge in [0, 0.05) is 49.9 Å². The fraction of sp³-hybridized carbons (Fsp3) is 0.606. The van der Waals surface area contributed by atoms with E-state index in [0.717, 1.165) is 37.3 Å². The molecule has 1 aliphatic heterocycles. The Balaban J connectivity index is 1.69. The highest BCUT2D eigenvalue weighted by atomic mass is 16.3. The van der Waals surface area contributed by atoms with Gasteiger partial charge in [-0.15, -0.1) is 0 Å². The van der Waals surface area contributed by atoms with Crippen LogP contribution in [0.4, 0.5) is 5.69 Å². The van der Waals surface area contributed by atoms with Gasteiger partial charge in [0.25, 0.3) is 5.91 Å². The third-order valence-electron chi connectivity index (χ3n) is 9.84. The van der Waals surface area contributed by atoms with Crippen molar-refractivity contribution in [2.24, 2.45) is 29.4 Å². The maximum absolute atomic E-state index is 14.2. The fourth-order valence-corrected chi connectivity index (χ4v) is 8.26. The summed E-state index contributed by atoms with van der Waals surface area (Å²) in [5.41, 5.74) is 4.55. The Morgan fingerprint density at radius 3 is 2.27 bits per heavy atom. The Morgan fingerprint density at radius 1 is 1.11 bits per heavy atom. The molecule has 1 amide bonds. The number of fused-ring (bicyclic) bond motifs is 5. The van der Waals surface area contributed by atoms with Crippen molar-refractivity contribution < 1.29 is 34.8 Å². The number of primary amides is 1. The minimum absolute atomic E-state index is 0.0520. The maximum atomic E-state index is 14.2. The molecule has 1 aromatic carbocycles. The van der Waals surface area contributed by atoms with Crippen molar-refractivity contribution >= 4 is 28.9 Å². The Labute approximate surface area is 258 Å². The van der Waals surface area contributed by atoms with Crippen molar-refractivity contribution in [1.82, 2.24) is 9.80 Å². The standard InChI is InChI=1S/C33H46N4O7/c1-15(2)13-37(14-16(3)4)21-8-9-36(7)26-18(21)12-22(38)24-19(26)10-17-11-20-27(35(5)6)29(40)25(32(34)43)31(42)33(20,44)30(41)23(17)28(24)39/h12,15-17,20-21,27,38-39,42,44H,8-11,13-14H2,1-7H3,(H2,34,43)/t17-,20-,21?,27-,33+/m1/s1. The molecule has 5 rings (SSSR count). The number of aliphatic hydroxyl groups excluding tert-OH is 2. The number of aromatic hydroxyl groups is 1. The molecule has 0 spiro atoms. The molecule has 1 fully saturated rings. The number of carbonyl (C=O) groups excluding carboxylic acids is 3. The van der Waals surface area contributed by atoms with E-state index in [1.807, 2.05) is 7.05 Å². The number of aliphatic hydroxyl groups is 3. The van der Waals surface area contributed by atoms with E-state index in [1.54, 1.807) is 20.2 Å². The number of nitrogens with zero attached hydrogens (tertiary/aromatic N) is 3. The van der Waals surface area contributed by atoms with Crippen molar-refractivity contribution in [2.45, 2.75) is 64.6 Å². The van der Waals surface area contributed by atoms with Gasteiger partial charge in [-0.05, 0) is 68.3 Å². The first kappa shape index (κ1) is 32.0. The number of likely N-dealkylation sites (N-methyl/N-ethyl adjacent to an activating group) is 1. The topological polar surface area (TPSA) is 168 Å². The van der Waals surface area contributed by atoms with Gasteiger partial charge in [0.05, 0.1) is 11.6 Å². The average Bonchev–Trinajstić information content (AvgIpc) is 2.89. The number of carbonyl (C=O) groups is 3. The van der Waals surface area contributed by atoms with Crippen molar-refractivity contribution in [1.29, 1.82) is 0 Å². The number of phenols is 1. The van der Waals surface area contributed by atoms with Crippen LogP contribution in [0.2, 0.25) is 0 Å². The third kappa shape index (κ3) is 4.71. The molecule has 3 aliphatic carbocycles. The number of anilines is 1. The van der Waals surface area contributed by atoms with E-state index in [9.17, 15) is 34.8 Å². The summed E-state index contributed by atoms with van der Waals surface area (Å²) in [4.78, 5) is 45.9. The first-order valence-corrected chi connectivity index (χ1v) is 15.5. The number of Topliss-reactive ketones (excluding diaryl/α,β-unsaturated/α-hetero) is 2. The lowest BCUT2D eigenvalue weighted by molar-refractivity contribution is -0.153. The summed E-state index contributed by atoms with van der Waals surface area (Å²) >= 11 is 0. The molecular weight excluding hydrogens is 564 g/mol. The normalized spacial score (nSPS) is 28.6. The molecule has 1 heterocycles. The van der Waals surface area contributed by atoms with Crippen LogP contribution in [0.1, 0.15) is 63.3 Å². The molecule has 4 aliphatic rings. The van der Waals surface area contributed by atoms with Crippen molar-refractivity contribution in [3.8, 4) is 5.75 Å². The minimum atomic E-state index is -2.65. The number of ketones is 2. The molecule has 1 saturated carbocycles. The Morgan fingerprint density at radius 2 is 1.73 bits per heavy atom. The molecule has 0 bridgehead atoms. The summed E-state index contributed by atoms with van der Waals surface area (Å²) in [6.45, 7) is 11.3. The largest absolute Gasteiger partial charge is 0.508 e. The molecule has 0 saturated heterocycles. The van der Waals surface area contributed by atoms with Crippen LogP contribution < -0.4 is 10.6 Å². The lowest BCUT2D eigenvalue weighted by Crippen LogP contribution is -2.65. The monoisotopic (exact) mass is 610 g/mol. The maximum Gasteiger partial charge on any atom is 0.255 e. The highest BCUT2D eigenvalue weighted by Crippen LogP contribution is 2.55. The lowest BCUT2D eigenvalue weighted by Gasteiger charge is -2.50. The number of nitrogens with two attached hydrogens (primary N) is 1. The van der Waals surface area contributed by atoms with Gasteiger partial charge in [0.15, 0.2) is 11.4 Å². The SMILES string of the molecule is CC(C)CN(CC(C)C)C1CCN(C)c2c1cc(O)c1c2C[C@@H]2C[C@@H]3[C@@H](N(C)C)C(=O)C(C(N)=O)=C(O)[C@@]3(O)C(=O)C2=C1O. The van der Waals surface area contributed by atoms with Crippen molar-refractivity contribution in [3.05, 3.63) is 39.7 Å². The molecule has 11 heteroatoms. The van der Waals surface area contributed by atoms with E-state index in [-0.39, 0.29) is 35.8 Å². The van der Waals surface area contributed by atoms with Crippen LogP contribution in [-0.2, 0) is 20.8 Å². The third-order valence-corrected chi connectivity index (χ3v) is 9.84. The number of hydrogen-bond acceptors (Lipinski definition) is 10. The minimum Gasteiger partial charge on any atom is -0.508 e. The van der Waals surface area contributed by atoms with Crippen LogP contribution in [0.3, 0.4) is 0 Å². The number of amides is 1. The quantitative estimate of drug-likeness (QED) is 0.289. The van der Waals surface area contributed by atoms with Crippen molar-refractivity contribution in [3.63, 3.8) is 0 Å². The molecule has 0 aromatic heterocycles. The second-order valence-electron chi connectivity index (χ2n) is 14.1. The first-order valence-electron chi connectivity index (χ1n) is 15.5. The van der Waals surface area contributed by atoms with Gasteiger partial charge in [-0.25, -0.2) is 0 Å². The van der Waals surface area contributed by atoms with E-state index in [4.69, 9.17) is 5.73 Å². The molecule has 44 heavy (non-hydrogen) atoms. The molecule has 5 atom stereocenters. The van der Waals surface area contributed by atoms with E-state index >= 15 is 0 Å². The predicted molar refractivity (Wildman–Crippen MR) is 166 cm³/mol. The van der Waals surface area contributed by atoms with Crippen LogP contribution in [0.5, 0.6) is 5.75 Å². The first-order chi connectivity index (χ1) is 20.5. The second kappa shape index (κ2) is 11.2. The van der Waals surface area contributed by atoms with Gasteiger partial charge in [0.1, 0.15) is 22.8 Å². The molecular formula is C33H46N4O7. The van der Waals surface area contributed by atoms with Crippen molar-refractivity contribution in [2.75, 3.05) is 45.7 Å². The zero-order valence-electron chi connectivity index (χ0n) is 26.7. The van der Waals surface area contributed by atoms with Gasteiger partial charge in [-0.3, -0.25) is 24.2 Å². The van der Waals surface area contributed by atoms with Gasteiger partial charge < -0.3 is 31.1 Å². The number of benzene rings is 1. The smallest absolute Gasteiger partial charge is 0.255 e. The van der Waals surface area contributed by atoms with E-state index in [2.05, 4.69) is 37.5 Å². The van der Waals surface area contributed by atoms with Crippen LogP contribution in [-0.4, -0.2) is 100 Å². The van der Waals surface area contributed by atoms with Gasteiger partial charge in [0.2, 0.25) is 5.78 Å². The Hall–Kier alpha value is -3.41. The Kier molecular flexibility index (Phi) is 8.14. The number of phenolic OH excluding ortho intramolecular Hbond substituents is 1. The molecule has 240 valence electrons. The van der Waals surface area contributed by atoms with Crippen LogP contribution in [0, 0.1) is 23.7 Å². The molecule has 1 aromatic rings. The summed E-state index contributed by atoms with van der Waals surface area (Å²) in [5, 5.41) is 46.1. The zero-order valence-corrected chi connectivity index (χ0v) is 26.7.